The third-order valence-electron chi connectivity index (χ3n) is 3.54. The zero-order chi connectivity index (χ0) is 18.0. The third kappa shape index (κ3) is 4.23. The van der Waals surface area contributed by atoms with Crippen molar-refractivity contribution in [1.29, 1.82) is 0 Å². The van der Waals surface area contributed by atoms with E-state index in [0.717, 1.165) is 5.56 Å². The number of carbonyl (C=O) groups excluding carboxylic acids is 1. The fraction of sp³-hybridized carbons (Fsp3) is 0.250. The topological polar surface area (TPSA) is 72.2 Å². The van der Waals surface area contributed by atoms with Crippen molar-refractivity contribution in [1.82, 2.24) is 24.9 Å². The molecule has 0 fully saturated rings. The number of amides is 1. The molecule has 0 unspecified atom stereocenters. The smallest absolute Gasteiger partial charge is 0.253 e. The quantitative estimate of drug-likeness (QED) is 0.665. The molecule has 6 nitrogen and oxygen atoms in total. The minimum absolute atomic E-state index is 0.129. The maximum Gasteiger partial charge on any atom is 0.253 e. The first-order valence-electron chi connectivity index (χ1n) is 7.53. The molecule has 1 aromatic carbocycles. The monoisotopic (exact) mass is 395 g/mol. The Labute approximate surface area is 158 Å². The van der Waals surface area contributed by atoms with Gasteiger partial charge in [-0.1, -0.05) is 41.0 Å². The van der Waals surface area contributed by atoms with E-state index in [2.05, 4.69) is 20.4 Å². The highest BCUT2D eigenvalue weighted by molar-refractivity contribution is 8.00. The van der Waals surface area contributed by atoms with Crippen molar-refractivity contribution < 1.29 is 4.79 Å². The number of nitrogens with one attached hydrogen (secondary N) is 1. The molecule has 0 spiro atoms. The molecule has 2 heterocycles. The van der Waals surface area contributed by atoms with Gasteiger partial charge in [-0.15, -0.1) is 5.10 Å². The summed E-state index contributed by atoms with van der Waals surface area (Å²) in [6, 6.07) is 6.74. The lowest BCUT2D eigenvalue weighted by molar-refractivity contribution is -0.120. The van der Waals surface area contributed by atoms with Crippen LogP contribution in [0.5, 0.6) is 0 Å². The molecule has 2 aromatic heterocycles. The van der Waals surface area contributed by atoms with Crippen LogP contribution in [0.15, 0.2) is 41.8 Å². The SMILES string of the molecule is C[C@H](Sc1nc2ncccn2n1)C(=O)N[C@@H](C)c1ccc(Cl)cc1Cl. The zero-order valence-electron chi connectivity index (χ0n) is 13.5. The molecule has 0 aliphatic heterocycles. The summed E-state index contributed by atoms with van der Waals surface area (Å²) in [6.07, 6.45) is 3.40. The van der Waals surface area contributed by atoms with Crippen LogP contribution in [-0.2, 0) is 4.79 Å². The first kappa shape index (κ1) is 18.0. The van der Waals surface area contributed by atoms with Gasteiger partial charge in [-0.05, 0) is 37.6 Å². The number of hydrogen-bond acceptors (Lipinski definition) is 5. The molecule has 2 atom stereocenters. The van der Waals surface area contributed by atoms with Crippen LogP contribution in [0.1, 0.15) is 25.5 Å². The average molecular weight is 396 g/mol. The number of aromatic nitrogens is 4. The van der Waals surface area contributed by atoms with Crippen molar-refractivity contribution in [3.63, 3.8) is 0 Å². The van der Waals surface area contributed by atoms with Gasteiger partial charge in [0.2, 0.25) is 11.1 Å². The van der Waals surface area contributed by atoms with Crippen LogP contribution in [0.2, 0.25) is 10.0 Å². The third-order valence-corrected chi connectivity index (χ3v) is 5.05. The van der Waals surface area contributed by atoms with Crippen molar-refractivity contribution in [2.24, 2.45) is 0 Å². The Kier molecular flexibility index (Phi) is 5.46. The first-order chi connectivity index (χ1) is 11.9. The summed E-state index contributed by atoms with van der Waals surface area (Å²) >= 11 is 13.4. The molecule has 25 heavy (non-hydrogen) atoms. The first-order valence-corrected chi connectivity index (χ1v) is 9.17. The van der Waals surface area contributed by atoms with Gasteiger partial charge in [0.25, 0.3) is 5.78 Å². The molecule has 130 valence electrons. The maximum atomic E-state index is 12.4. The van der Waals surface area contributed by atoms with E-state index in [1.54, 1.807) is 42.0 Å². The molecule has 3 aromatic rings. The lowest BCUT2D eigenvalue weighted by Gasteiger charge is -2.18. The maximum absolute atomic E-state index is 12.4. The van der Waals surface area contributed by atoms with Gasteiger partial charge in [-0.2, -0.15) is 4.98 Å². The Hall–Kier alpha value is -1.83. The summed E-state index contributed by atoms with van der Waals surface area (Å²) in [5.74, 6) is 0.370. The molecular weight excluding hydrogens is 381 g/mol. The van der Waals surface area contributed by atoms with Crippen LogP contribution in [0, 0.1) is 0 Å². The number of hydrogen-bond donors (Lipinski definition) is 1. The Morgan fingerprint density at radius 3 is 2.84 bits per heavy atom. The lowest BCUT2D eigenvalue weighted by atomic mass is 10.1. The average Bonchev–Trinajstić information content (AvgIpc) is 2.96. The van der Waals surface area contributed by atoms with Gasteiger partial charge >= 0.3 is 0 Å². The van der Waals surface area contributed by atoms with E-state index in [9.17, 15) is 4.79 Å². The molecule has 0 aliphatic rings. The predicted molar refractivity (Wildman–Crippen MR) is 99.1 cm³/mol. The number of benzene rings is 1. The normalized spacial score (nSPS) is 13.6. The van der Waals surface area contributed by atoms with E-state index in [-0.39, 0.29) is 17.2 Å². The van der Waals surface area contributed by atoms with Crippen molar-refractivity contribution >= 4 is 46.6 Å². The van der Waals surface area contributed by atoms with Crippen molar-refractivity contribution in [3.05, 3.63) is 52.3 Å². The van der Waals surface area contributed by atoms with Gasteiger partial charge in [-0.25, -0.2) is 9.50 Å². The van der Waals surface area contributed by atoms with E-state index in [4.69, 9.17) is 23.2 Å². The van der Waals surface area contributed by atoms with Crippen LogP contribution >= 0.6 is 35.0 Å². The van der Waals surface area contributed by atoms with Crippen molar-refractivity contribution in [2.75, 3.05) is 0 Å². The van der Waals surface area contributed by atoms with Gasteiger partial charge in [0.05, 0.1) is 11.3 Å². The second kappa shape index (κ2) is 7.59. The lowest BCUT2D eigenvalue weighted by Crippen LogP contribution is -2.33. The van der Waals surface area contributed by atoms with Crippen LogP contribution in [0.3, 0.4) is 0 Å². The summed E-state index contributed by atoms with van der Waals surface area (Å²) in [5, 5.41) is 8.44. The molecular formula is C16H15Cl2N5OS. The Balaban J connectivity index is 1.65. The van der Waals surface area contributed by atoms with Gasteiger partial charge in [0.15, 0.2) is 0 Å². The number of carbonyl (C=O) groups is 1. The largest absolute Gasteiger partial charge is 0.349 e. The van der Waals surface area contributed by atoms with Crippen LogP contribution < -0.4 is 5.32 Å². The minimum Gasteiger partial charge on any atom is -0.349 e. The number of fused-ring (bicyclic) bond motifs is 1. The molecule has 0 saturated heterocycles. The summed E-state index contributed by atoms with van der Waals surface area (Å²) in [7, 11) is 0. The predicted octanol–water partition coefficient (Wildman–Crippen LogP) is 3.79. The molecule has 1 N–H and O–H groups in total. The number of rotatable bonds is 5. The number of thioether (sulfide) groups is 1. The molecule has 9 heteroatoms. The molecule has 1 amide bonds. The summed E-state index contributed by atoms with van der Waals surface area (Å²) in [4.78, 5) is 20.8. The van der Waals surface area contributed by atoms with Gasteiger partial charge in [-0.3, -0.25) is 4.79 Å². The Morgan fingerprint density at radius 1 is 1.32 bits per heavy atom. The van der Waals surface area contributed by atoms with Gasteiger partial charge in [0.1, 0.15) is 0 Å². The highest BCUT2D eigenvalue weighted by Crippen LogP contribution is 2.27. The van der Waals surface area contributed by atoms with E-state index >= 15 is 0 Å². The molecule has 0 bridgehead atoms. The van der Waals surface area contributed by atoms with Crippen LogP contribution in [0.25, 0.3) is 5.78 Å². The minimum atomic E-state index is -0.370. The van der Waals surface area contributed by atoms with Crippen molar-refractivity contribution in [3.8, 4) is 0 Å². The second-order valence-electron chi connectivity index (χ2n) is 5.41. The summed E-state index contributed by atoms with van der Waals surface area (Å²) in [6.45, 7) is 3.67. The molecule has 3 rings (SSSR count). The van der Waals surface area contributed by atoms with E-state index in [1.165, 1.54) is 11.8 Å². The van der Waals surface area contributed by atoms with Crippen LogP contribution in [-0.4, -0.2) is 30.7 Å². The highest BCUT2D eigenvalue weighted by atomic mass is 35.5. The zero-order valence-corrected chi connectivity index (χ0v) is 15.8. The van der Waals surface area contributed by atoms with E-state index in [0.29, 0.717) is 21.0 Å². The molecule has 0 saturated carbocycles. The highest BCUT2D eigenvalue weighted by Gasteiger charge is 2.20. The Morgan fingerprint density at radius 2 is 2.12 bits per heavy atom. The molecule has 0 radical (unpaired) electrons. The van der Waals surface area contributed by atoms with Gasteiger partial charge < -0.3 is 5.32 Å². The number of nitrogens with zero attached hydrogens (tertiary/aromatic N) is 4. The fourth-order valence-corrected chi connectivity index (χ4v) is 3.57. The standard InChI is InChI=1S/C16H15Cl2N5OS/c1-9(12-5-4-11(17)8-13(12)18)20-14(24)10(2)25-16-21-15-19-6-3-7-23(15)22-16/h3-10H,1-2H3,(H,20,24)/t9-,10-/m0/s1. The summed E-state index contributed by atoms with van der Waals surface area (Å²) < 4.78 is 1.57. The summed E-state index contributed by atoms with van der Waals surface area (Å²) in [5.41, 5.74) is 0.812. The number of halogens is 2. The van der Waals surface area contributed by atoms with Gasteiger partial charge in [0, 0.05) is 22.4 Å². The Bertz CT molecular complexity index is 883. The van der Waals surface area contributed by atoms with E-state index < -0.39 is 0 Å². The van der Waals surface area contributed by atoms with Crippen molar-refractivity contribution in [2.45, 2.75) is 30.3 Å². The molecule has 0 aliphatic carbocycles. The van der Waals surface area contributed by atoms with E-state index in [1.807, 2.05) is 13.0 Å². The van der Waals surface area contributed by atoms with Crippen LogP contribution in [0.4, 0.5) is 0 Å². The fourth-order valence-electron chi connectivity index (χ4n) is 2.24. The second-order valence-corrected chi connectivity index (χ2v) is 7.57.